The molecule has 0 saturated heterocycles. The second-order valence-electron chi connectivity index (χ2n) is 4.12. The molecule has 0 unspecified atom stereocenters. The van der Waals surface area contributed by atoms with E-state index in [2.05, 4.69) is 9.72 Å². The highest BCUT2D eigenvalue weighted by Crippen LogP contribution is 2.28. The minimum Gasteiger partial charge on any atom is -0.406 e. The van der Waals surface area contributed by atoms with Gasteiger partial charge >= 0.3 is 6.36 Å². The number of alkyl halides is 3. The molecular weight excluding hydrogens is 285 g/mol. The number of hydrogen-bond donors (Lipinski definition) is 1. The van der Waals surface area contributed by atoms with Crippen molar-refractivity contribution in [2.24, 2.45) is 0 Å². The number of aromatic amines is 1. The van der Waals surface area contributed by atoms with Crippen LogP contribution in [0.4, 0.5) is 13.2 Å². The number of H-pyrrole nitrogens is 1. The third kappa shape index (κ3) is 3.63. The molecule has 0 bridgehead atoms. The minimum atomic E-state index is -4.81. The first-order valence-electron chi connectivity index (χ1n) is 5.84. The molecule has 1 heterocycles. The van der Waals surface area contributed by atoms with Crippen molar-refractivity contribution in [1.29, 1.82) is 5.26 Å². The fourth-order valence-corrected chi connectivity index (χ4v) is 1.92. The number of nitriles is 1. The summed E-state index contributed by atoms with van der Waals surface area (Å²) in [5.74, 6) is -0.425. The molecule has 108 valence electrons. The number of halogens is 3. The predicted molar refractivity (Wildman–Crippen MR) is 68.5 cm³/mol. The molecule has 1 aromatic carbocycles. The summed E-state index contributed by atoms with van der Waals surface area (Å²) in [6, 6.07) is 8.52. The molecular formula is C14H9F3N2O2. The van der Waals surface area contributed by atoms with E-state index in [-0.39, 0.29) is 17.5 Å². The van der Waals surface area contributed by atoms with E-state index in [9.17, 15) is 18.0 Å². The Bertz CT molecular complexity index is 745. The molecule has 0 atom stereocenters. The van der Waals surface area contributed by atoms with Gasteiger partial charge in [-0.25, -0.2) is 0 Å². The largest absolute Gasteiger partial charge is 0.573 e. The van der Waals surface area contributed by atoms with Crippen LogP contribution in [0.25, 0.3) is 11.1 Å². The zero-order chi connectivity index (χ0) is 15.5. The maximum Gasteiger partial charge on any atom is 0.573 e. The van der Waals surface area contributed by atoms with Crippen LogP contribution >= 0.6 is 0 Å². The number of aromatic nitrogens is 1. The van der Waals surface area contributed by atoms with Crippen LogP contribution in [0.5, 0.6) is 5.75 Å². The van der Waals surface area contributed by atoms with E-state index in [0.29, 0.717) is 5.56 Å². The van der Waals surface area contributed by atoms with Gasteiger partial charge in [0.05, 0.1) is 18.1 Å². The third-order valence-corrected chi connectivity index (χ3v) is 2.67. The van der Waals surface area contributed by atoms with E-state index >= 15 is 0 Å². The first-order valence-corrected chi connectivity index (χ1v) is 5.84. The molecule has 21 heavy (non-hydrogen) atoms. The number of ether oxygens (including phenoxy) is 1. The molecule has 2 rings (SSSR count). The standard InChI is InChI=1S/C14H9F3N2O2/c15-14(16,17)21-11-3-1-2-10(8-11)12-9(4-6-18)5-7-19-13(12)20/h1-3,5,7-8H,4H2,(H,19,20). The Morgan fingerprint density at radius 3 is 2.71 bits per heavy atom. The molecule has 0 fully saturated rings. The molecule has 0 aliphatic carbocycles. The van der Waals surface area contributed by atoms with Gasteiger partial charge in [-0.1, -0.05) is 12.1 Å². The highest BCUT2D eigenvalue weighted by Gasteiger charge is 2.31. The van der Waals surface area contributed by atoms with Crippen LogP contribution in [0, 0.1) is 11.3 Å². The SMILES string of the molecule is N#CCc1cc[nH]c(=O)c1-c1cccc(OC(F)(F)F)c1. The fraction of sp³-hybridized carbons (Fsp3) is 0.143. The maximum atomic E-state index is 12.2. The summed E-state index contributed by atoms with van der Waals surface area (Å²) in [4.78, 5) is 14.3. The van der Waals surface area contributed by atoms with Crippen LogP contribution in [-0.2, 0) is 6.42 Å². The van der Waals surface area contributed by atoms with E-state index in [1.54, 1.807) is 0 Å². The number of hydrogen-bond acceptors (Lipinski definition) is 3. The highest BCUT2D eigenvalue weighted by atomic mass is 19.4. The summed E-state index contributed by atoms with van der Waals surface area (Å²) in [5, 5.41) is 8.75. The molecule has 0 saturated carbocycles. The van der Waals surface area contributed by atoms with Crippen LogP contribution in [0.2, 0.25) is 0 Å². The van der Waals surface area contributed by atoms with Crippen LogP contribution in [0.3, 0.4) is 0 Å². The van der Waals surface area contributed by atoms with Crippen molar-refractivity contribution in [3.8, 4) is 22.9 Å². The second kappa shape index (κ2) is 5.71. The quantitative estimate of drug-likeness (QED) is 0.946. The molecule has 1 aromatic heterocycles. The second-order valence-corrected chi connectivity index (χ2v) is 4.12. The Kier molecular flexibility index (Phi) is 3.98. The van der Waals surface area contributed by atoms with Gasteiger partial charge in [-0.05, 0) is 29.3 Å². The van der Waals surface area contributed by atoms with E-state index < -0.39 is 17.7 Å². The Morgan fingerprint density at radius 2 is 2.05 bits per heavy atom. The number of nitrogens with zero attached hydrogens (tertiary/aromatic N) is 1. The molecule has 7 heteroatoms. The maximum absolute atomic E-state index is 12.2. The van der Waals surface area contributed by atoms with Crippen LogP contribution in [0.15, 0.2) is 41.3 Å². The lowest BCUT2D eigenvalue weighted by molar-refractivity contribution is -0.274. The van der Waals surface area contributed by atoms with Gasteiger partial charge < -0.3 is 9.72 Å². The first kappa shape index (κ1) is 14.7. The van der Waals surface area contributed by atoms with E-state index in [4.69, 9.17) is 5.26 Å². The van der Waals surface area contributed by atoms with Crippen LogP contribution in [-0.4, -0.2) is 11.3 Å². The molecule has 1 N–H and O–H groups in total. The lowest BCUT2D eigenvalue weighted by Gasteiger charge is -2.11. The van der Waals surface area contributed by atoms with Gasteiger partial charge in [0, 0.05) is 6.20 Å². The van der Waals surface area contributed by atoms with Gasteiger partial charge in [-0.15, -0.1) is 13.2 Å². The van der Waals surface area contributed by atoms with Gasteiger partial charge in [-0.3, -0.25) is 4.79 Å². The van der Waals surface area contributed by atoms with Crippen molar-refractivity contribution >= 4 is 0 Å². The molecule has 0 radical (unpaired) electrons. The zero-order valence-electron chi connectivity index (χ0n) is 10.6. The number of rotatable bonds is 3. The van der Waals surface area contributed by atoms with Crippen molar-refractivity contribution in [2.75, 3.05) is 0 Å². The highest BCUT2D eigenvalue weighted by molar-refractivity contribution is 5.68. The van der Waals surface area contributed by atoms with E-state index in [1.807, 2.05) is 6.07 Å². The number of nitrogens with one attached hydrogen (secondary N) is 1. The third-order valence-electron chi connectivity index (χ3n) is 2.67. The van der Waals surface area contributed by atoms with Crippen molar-refractivity contribution in [2.45, 2.75) is 12.8 Å². The predicted octanol–water partition coefficient (Wildman–Crippen LogP) is 3.01. The minimum absolute atomic E-state index is 0.0242. The van der Waals surface area contributed by atoms with E-state index in [1.165, 1.54) is 24.4 Å². The number of pyridine rings is 1. The average molecular weight is 294 g/mol. The first-order chi connectivity index (χ1) is 9.90. The van der Waals surface area contributed by atoms with Crippen molar-refractivity contribution in [1.82, 2.24) is 4.98 Å². The summed E-state index contributed by atoms with van der Waals surface area (Å²) in [6.45, 7) is 0. The Hall–Kier alpha value is -2.75. The summed E-state index contributed by atoms with van der Waals surface area (Å²) < 4.78 is 40.5. The van der Waals surface area contributed by atoms with Gasteiger partial charge in [0.2, 0.25) is 0 Å². The summed E-state index contributed by atoms with van der Waals surface area (Å²) in [6.07, 6.45) is -3.45. The van der Waals surface area contributed by atoms with Crippen molar-refractivity contribution in [3.05, 3.63) is 52.4 Å². The molecule has 2 aromatic rings. The Morgan fingerprint density at radius 1 is 1.29 bits per heavy atom. The Balaban J connectivity index is 2.51. The van der Waals surface area contributed by atoms with E-state index in [0.717, 1.165) is 12.1 Å². The van der Waals surface area contributed by atoms with Crippen LogP contribution in [0.1, 0.15) is 5.56 Å². The molecule has 4 nitrogen and oxygen atoms in total. The summed E-state index contributed by atoms with van der Waals surface area (Å²) in [5.41, 5.74) is 0.368. The van der Waals surface area contributed by atoms with Gasteiger partial charge in [0.15, 0.2) is 0 Å². The monoisotopic (exact) mass is 294 g/mol. The fourth-order valence-electron chi connectivity index (χ4n) is 1.92. The number of benzene rings is 1. The lowest BCUT2D eigenvalue weighted by atomic mass is 10.00. The van der Waals surface area contributed by atoms with Crippen molar-refractivity contribution in [3.63, 3.8) is 0 Å². The molecule has 0 amide bonds. The van der Waals surface area contributed by atoms with Crippen LogP contribution < -0.4 is 10.3 Å². The summed E-state index contributed by atoms with van der Waals surface area (Å²) in [7, 11) is 0. The zero-order valence-corrected chi connectivity index (χ0v) is 10.6. The average Bonchev–Trinajstić information content (AvgIpc) is 2.37. The van der Waals surface area contributed by atoms with Gasteiger partial charge in [0.25, 0.3) is 5.56 Å². The van der Waals surface area contributed by atoms with Gasteiger partial charge in [-0.2, -0.15) is 5.26 Å². The normalized spacial score (nSPS) is 11.0. The Labute approximate surface area is 117 Å². The summed E-state index contributed by atoms with van der Waals surface area (Å²) >= 11 is 0. The smallest absolute Gasteiger partial charge is 0.406 e. The topological polar surface area (TPSA) is 65.9 Å². The van der Waals surface area contributed by atoms with Gasteiger partial charge in [0.1, 0.15) is 5.75 Å². The van der Waals surface area contributed by atoms with Crippen molar-refractivity contribution < 1.29 is 17.9 Å². The lowest BCUT2D eigenvalue weighted by Crippen LogP contribution is -2.17. The molecule has 0 aliphatic heterocycles. The molecule has 0 spiro atoms. The molecule has 0 aliphatic rings.